The number of carbonyl (C=O) groups excluding carboxylic acids is 1. The quantitative estimate of drug-likeness (QED) is 0.0420. The van der Waals surface area contributed by atoms with Crippen LogP contribution >= 0.6 is 0 Å². The Morgan fingerprint density at radius 3 is 0.889 bits per heavy atom. The third-order valence-corrected chi connectivity index (χ3v) is 15.0. The molecule has 422 valence electrons. The lowest BCUT2D eigenvalue weighted by atomic mass is 10.0. The Bertz CT molecular complexity index is 1190. The predicted octanol–water partition coefficient (Wildman–Crippen LogP) is 21.9. The van der Waals surface area contributed by atoms with Gasteiger partial charge in [-0.3, -0.25) is 4.79 Å². The summed E-state index contributed by atoms with van der Waals surface area (Å²) in [6, 6.07) is -0.648. The number of hydrogen-bond acceptors (Lipinski definition) is 3. The Labute approximate surface area is 451 Å². The van der Waals surface area contributed by atoms with E-state index in [1.165, 1.54) is 283 Å². The van der Waals surface area contributed by atoms with Crippen LogP contribution < -0.4 is 5.32 Å². The Morgan fingerprint density at radius 1 is 0.333 bits per heavy atom. The van der Waals surface area contributed by atoms with Crippen LogP contribution in [0, 0.1) is 0 Å². The fourth-order valence-corrected chi connectivity index (χ4v) is 10.0. The fraction of sp³-hybridized carbons (Fsp3) is 0.838. The molecule has 2 unspecified atom stereocenters. The topological polar surface area (TPSA) is 69.6 Å². The van der Waals surface area contributed by atoms with Gasteiger partial charge in [-0.2, -0.15) is 0 Å². The molecule has 0 aromatic carbocycles. The number of allylic oxidation sites excluding steroid dienone is 9. The van der Waals surface area contributed by atoms with E-state index in [1.54, 1.807) is 6.08 Å². The molecule has 0 heterocycles. The molecule has 0 saturated carbocycles. The average molecular weight is 1010 g/mol. The van der Waals surface area contributed by atoms with Gasteiger partial charge >= 0.3 is 0 Å². The van der Waals surface area contributed by atoms with Crippen molar-refractivity contribution in [3.8, 4) is 0 Å². The van der Waals surface area contributed by atoms with E-state index < -0.39 is 12.1 Å². The van der Waals surface area contributed by atoms with Gasteiger partial charge in [0.2, 0.25) is 5.91 Å². The highest BCUT2D eigenvalue weighted by Crippen LogP contribution is 2.17. The summed E-state index contributed by atoms with van der Waals surface area (Å²) in [5.74, 6) is -0.0739. The zero-order valence-corrected chi connectivity index (χ0v) is 48.7. The lowest BCUT2D eigenvalue weighted by molar-refractivity contribution is -0.123. The van der Waals surface area contributed by atoms with Gasteiger partial charge in [0.05, 0.1) is 18.8 Å². The van der Waals surface area contributed by atoms with Gasteiger partial charge in [0.25, 0.3) is 0 Å². The van der Waals surface area contributed by atoms with Crippen molar-refractivity contribution in [1.29, 1.82) is 0 Å². The second kappa shape index (κ2) is 63.4. The number of carbonyl (C=O) groups is 1. The minimum absolute atomic E-state index is 0.0739. The Morgan fingerprint density at radius 2 is 0.583 bits per heavy atom. The van der Waals surface area contributed by atoms with Crippen LogP contribution in [0.2, 0.25) is 0 Å². The van der Waals surface area contributed by atoms with Crippen molar-refractivity contribution in [2.75, 3.05) is 6.61 Å². The summed E-state index contributed by atoms with van der Waals surface area (Å²) < 4.78 is 0. The summed E-state index contributed by atoms with van der Waals surface area (Å²) in [7, 11) is 0. The van der Waals surface area contributed by atoms with Crippen molar-refractivity contribution in [3.63, 3.8) is 0 Å². The molecule has 0 radical (unpaired) electrons. The van der Waals surface area contributed by atoms with Gasteiger partial charge in [0.15, 0.2) is 0 Å². The fourth-order valence-electron chi connectivity index (χ4n) is 10.0. The number of aliphatic hydroxyl groups excluding tert-OH is 2. The Hall–Kier alpha value is -1.91. The first-order valence-corrected chi connectivity index (χ1v) is 32.5. The van der Waals surface area contributed by atoms with Gasteiger partial charge in [0, 0.05) is 6.42 Å². The molecule has 0 aromatic rings. The number of rotatable bonds is 60. The molecule has 4 nitrogen and oxygen atoms in total. The standard InChI is InChI=1S/C68H127NO3/c1-3-5-7-9-11-13-15-17-19-21-23-25-27-29-30-31-32-33-34-35-36-37-38-40-42-44-46-48-50-52-54-56-58-60-62-64-68(72)69-66(65-70)67(71)63-61-59-57-55-53-51-49-47-45-43-41-39-28-26-24-22-20-18-16-14-12-10-8-6-4-2/h27,29,31-32,45,47,53,55,61,63,66-67,70-71H,3-26,28,30,33-44,46,48-52,54,56-60,62,64-65H2,1-2H3,(H,69,72)/b29-27-,32-31-,47-45+,55-53+,63-61+. The van der Waals surface area contributed by atoms with Crippen LogP contribution in [0.5, 0.6) is 0 Å². The van der Waals surface area contributed by atoms with Crippen LogP contribution in [0.25, 0.3) is 0 Å². The van der Waals surface area contributed by atoms with E-state index in [0.29, 0.717) is 6.42 Å². The lowest BCUT2D eigenvalue weighted by Crippen LogP contribution is -2.45. The molecular formula is C68H127NO3. The zero-order chi connectivity index (χ0) is 52.0. The monoisotopic (exact) mass is 1010 g/mol. The smallest absolute Gasteiger partial charge is 0.220 e. The van der Waals surface area contributed by atoms with E-state index >= 15 is 0 Å². The summed E-state index contributed by atoms with van der Waals surface area (Å²) in [5, 5.41) is 23.2. The van der Waals surface area contributed by atoms with E-state index in [0.717, 1.165) is 44.9 Å². The van der Waals surface area contributed by atoms with Crippen LogP contribution in [0.4, 0.5) is 0 Å². The molecule has 0 spiro atoms. The van der Waals surface area contributed by atoms with Crippen molar-refractivity contribution in [2.24, 2.45) is 0 Å². The molecular weight excluding hydrogens is 879 g/mol. The lowest BCUT2D eigenvalue weighted by Gasteiger charge is -2.19. The molecule has 2 atom stereocenters. The van der Waals surface area contributed by atoms with Crippen molar-refractivity contribution < 1.29 is 15.0 Å². The van der Waals surface area contributed by atoms with E-state index in [9.17, 15) is 15.0 Å². The third kappa shape index (κ3) is 59.0. The van der Waals surface area contributed by atoms with Crippen LogP contribution in [0.15, 0.2) is 60.8 Å². The van der Waals surface area contributed by atoms with Crippen molar-refractivity contribution in [2.45, 2.75) is 360 Å². The summed E-state index contributed by atoms with van der Waals surface area (Å²) in [6.45, 7) is 4.33. The van der Waals surface area contributed by atoms with E-state index in [1.807, 2.05) is 6.08 Å². The van der Waals surface area contributed by atoms with E-state index in [4.69, 9.17) is 0 Å². The normalized spacial score (nSPS) is 13.1. The Kier molecular flexibility index (Phi) is 61.7. The predicted molar refractivity (Wildman–Crippen MR) is 322 cm³/mol. The zero-order valence-electron chi connectivity index (χ0n) is 48.7. The molecule has 0 aliphatic heterocycles. The minimum Gasteiger partial charge on any atom is -0.394 e. The molecule has 1 amide bonds. The van der Waals surface area contributed by atoms with Gasteiger partial charge in [-0.25, -0.2) is 0 Å². The molecule has 4 heteroatoms. The maximum absolute atomic E-state index is 12.5. The summed E-state index contributed by atoms with van der Waals surface area (Å²) in [6.07, 6.45) is 90.0. The summed E-state index contributed by atoms with van der Waals surface area (Å²) in [5.41, 5.74) is 0. The van der Waals surface area contributed by atoms with E-state index in [-0.39, 0.29) is 12.5 Å². The second-order valence-electron chi connectivity index (χ2n) is 22.2. The van der Waals surface area contributed by atoms with Crippen molar-refractivity contribution >= 4 is 5.91 Å². The number of hydrogen-bond donors (Lipinski definition) is 3. The van der Waals surface area contributed by atoms with Gasteiger partial charge in [-0.05, 0) is 77.0 Å². The summed E-state index contributed by atoms with van der Waals surface area (Å²) >= 11 is 0. The third-order valence-electron chi connectivity index (χ3n) is 15.0. The van der Waals surface area contributed by atoms with Gasteiger partial charge < -0.3 is 15.5 Å². The van der Waals surface area contributed by atoms with Crippen LogP contribution in [-0.4, -0.2) is 34.9 Å². The summed E-state index contributed by atoms with van der Waals surface area (Å²) in [4.78, 5) is 12.5. The minimum atomic E-state index is -0.873. The van der Waals surface area contributed by atoms with Crippen molar-refractivity contribution in [3.05, 3.63) is 60.8 Å². The van der Waals surface area contributed by atoms with Gasteiger partial charge in [-0.1, -0.05) is 325 Å². The van der Waals surface area contributed by atoms with Crippen molar-refractivity contribution in [1.82, 2.24) is 5.32 Å². The highest BCUT2D eigenvalue weighted by atomic mass is 16.3. The van der Waals surface area contributed by atoms with Crippen LogP contribution in [0.1, 0.15) is 348 Å². The second-order valence-corrected chi connectivity index (χ2v) is 22.2. The maximum Gasteiger partial charge on any atom is 0.220 e. The van der Waals surface area contributed by atoms with E-state index in [2.05, 4.69) is 67.8 Å². The molecule has 0 fully saturated rings. The largest absolute Gasteiger partial charge is 0.394 e. The molecule has 3 N–H and O–H groups in total. The highest BCUT2D eigenvalue weighted by Gasteiger charge is 2.18. The molecule has 0 rings (SSSR count). The first-order valence-electron chi connectivity index (χ1n) is 32.5. The molecule has 0 aliphatic carbocycles. The maximum atomic E-state index is 12.5. The molecule has 0 saturated heterocycles. The molecule has 0 aromatic heterocycles. The average Bonchev–Trinajstić information content (AvgIpc) is 3.39. The number of aliphatic hydroxyl groups is 2. The molecule has 0 aliphatic rings. The van der Waals surface area contributed by atoms with Gasteiger partial charge in [-0.15, -0.1) is 0 Å². The Balaban J connectivity index is 3.50. The molecule has 0 bridgehead atoms. The van der Waals surface area contributed by atoms with Crippen LogP contribution in [-0.2, 0) is 4.79 Å². The number of amides is 1. The number of unbranched alkanes of at least 4 members (excludes halogenated alkanes) is 45. The highest BCUT2D eigenvalue weighted by molar-refractivity contribution is 5.76. The number of nitrogens with one attached hydrogen (secondary N) is 1. The van der Waals surface area contributed by atoms with Gasteiger partial charge in [0.1, 0.15) is 0 Å². The SMILES string of the molecule is CCCCCCCCCCCCC/C=C\C/C=C\CCCCCCCCCCCCCCCCCCCC(=O)NC(CO)C(O)/C=C/CC/C=C/CC/C=C/CCCCCCCCCCCCCCCCC. The molecule has 72 heavy (non-hydrogen) atoms. The first-order chi connectivity index (χ1) is 35.7. The van der Waals surface area contributed by atoms with Crippen LogP contribution in [0.3, 0.4) is 0 Å². The first kappa shape index (κ1) is 70.1.